The molecule has 0 aliphatic heterocycles. The third-order valence-corrected chi connectivity index (χ3v) is 3.90. The molecule has 0 aliphatic rings. The maximum absolute atomic E-state index is 13.1. The van der Waals surface area contributed by atoms with E-state index in [-0.39, 0.29) is 29.8 Å². The van der Waals surface area contributed by atoms with Gasteiger partial charge in [-0.1, -0.05) is 12.1 Å². The Hall–Kier alpha value is -0.940. The van der Waals surface area contributed by atoms with E-state index >= 15 is 0 Å². The number of halogens is 2. The van der Waals surface area contributed by atoms with E-state index in [0.717, 1.165) is 11.8 Å². The Morgan fingerprint density at radius 2 is 1.96 bits per heavy atom. The molecule has 9 heteroatoms. The molecule has 0 fully saturated rings. The lowest BCUT2D eigenvalue weighted by molar-refractivity contribution is 0.446. The summed E-state index contributed by atoms with van der Waals surface area (Å²) < 4.78 is 38.2. The molecule has 0 saturated carbocycles. The molecule has 1 rings (SSSR count). The van der Waals surface area contributed by atoms with Crippen LogP contribution in [0.5, 0.6) is 0 Å². The number of guanidine groups is 1. The van der Waals surface area contributed by atoms with Crippen LogP contribution in [0.4, 0.5) is 4.39 Å². The predicted octanol–water partition coefficient (Wildman–Crippen LogP) is 1.48. The second-order valence-electron chi connectivity index (χ2n) is 5.99. The van der Waals surface area contributed by atoms with Crippen molar-refractivity contribution in [3.8, 4) is 0 Å². The van der Waals surface area contributed by atoms with Gasteiger partial charge in [0.25, 0.3) is 0 Å². The number of nitrogens with zero attached hydrogens (tertiary/aromatic N) is 1. The predicted molar refractivity (Wildman–Crippen MR) is 107 cm³/mol. The molecular weight excluding hydrogens is 446 g/mol. The van der Waals surface area contributed by atoms with Gasteiger partial charge in [0.2, 0.25) is 10.0 Å². The highest BCUT2D eigenvalue weighted by Crippen LogP contribution is 2.04. The minimum absolute atomic E-state index is 0. The second-order valence-corrected chi connectivity index (χ2v) is 7.74. The standard InChI is InChI=1S/C15H25FN4O2S.HI/c1-15(2,20-23(4,21)22)11-19-14(17-3)18-9-8-12-6-5-7-13(16)10-12;/h5-7,10,20H,8-9,11H2,1-4H3,(H2,17,18,19);1H. The smallest absolute Gasteiger partial charge is 0.209 e. The molecular formula is C15H26FIN4O2S. The zero-order valence-electron chi connectivity index (χ0n) is 14.4. The molecule has 0 spiro atoms. The van der Waals surface area contributed by atoms with Gasteiger partial charge in [0.15, 0.2) is 5.96 Å². The van der Waals surface area contributed by atoms with Crippen LogP contribution in [0, 0.1) is 5.82 Å². The maximum Gasteiger partial charge on any atom is 0.209 e. The Kier molecular flexibility index (Phi) is 9.74. The Labute approximate surface area is 160 Å². The first-order valence-corrected chi connectivity index (χ1v) is 9.18. The van der Waals surface area contributed by atoms with Gasteiger partial charge in [0.05, 0.1) is 6.26 Å². The zero-order valence-corrected chi connectivity index (χ0v) is 17.5. The number of rotatable bonds is 7. The summed E-state index contributed by atoms with van der Waals surface area (Å²) >= 11 is 0. The Morgan fingerprint density at radius 1 is 1.29 bits per heavy atom. The summed E-state index contributed by atoms with van der Waals surface area (Å²) in [6.45, 7) is 4.52. The lowest BCUT2D eigenvalue weighted by Gasteiger charge is -2.26. The lowest BCUT2D eigenvalue weighted by atomic mass is 10.1. The monoisotopic (exact) mass is 472 g/mol. The highest BCUT2D eigenvalue weighted by atomic mass is 127. The fourth-order valence-corrected chi connectivity index (χ4v) is 3.16. The average Bonchev–Trinajstić information content (AvgIpc) is 2.40. The molecule has 3 N–H and O–H groups in total. The highest BCUT2D eigenvalue weighted by molar-refractivity contribution is 14.0. The van der Waals surface area contributed by atoms with Crippen molar-refractivity contribution in [2.24, 2.45) is 4.99 Å². The molecule has 6 nitrogen and oxygen atoms in total. The molecule has 0 bridgehead atoms. The molecule has 0 aliphatic carbocycles. The third-order valence-electron chi connectivity index (χ3n) is 2.98. The van der Waals surface area contributed by atoms with Crippen LogP contribution in [-0.2, 0) is 16.4 Å². The largest absolute Gasteiger partial charge is 0.356 e. The van der Waals surface area contributed by atoms with Gasteiger partial charge in [0.1, 0.15) is 5.82 Å². The van der Waals surface area contributed by atoms with Crippen molar-refractivity contribution in [2.45, 2.75) is 25.8 Å². The molecule has 0 atom stereocenters. The van der Waals surface area contributed by atoms with E-state index in [1.165, 1.54) is 12.1 Å². The van der Waals surface area contributed by atoms with Crippen molar-refractivity contribution in [3.05, 3.63) is 35.6 Å². The highest BCUT2D eigenvalue weighted by Gasteiger charge is 2.22. The number of hydrogen-bond donors (Lipinski definition) is 3. The van der Waals surface area contributed by atoms with E-state index in [2.05, 4.69) is 20.3 Å². The van der Waals surface area contributed by atoms with E-state index in [9.17, 15) is 12.8 Å². The Bertz CT molecular complexity index is 651. The summed E-state index contributed by atoms with van der Waals surface area (Å²) in [6.07, 6.45) is 1.78. The van der Waals surface area contributed by atoms with Crippen LogP contribution in [-0.4, -0.2) is 46.3 Å². The van der Waals surface area contributed by atoms with Crippen molar-refractivity contribution in [2.75, 3.05) is 26.4 Å². The fraction of sp³-hybridized carbons (Fsp3) is 0.533. The summed E-state index contributed by atoms with van der Waals surface area (Å²) in [4.78, 5) is 4.08. The lowest BCUT2D eigenvalue weighted by Crippen LogP contribution is -2.53. The van der Waals surface area contributed by atoms with Gasteiger partial charge >= 0.3 is 0 Å². The molecule has 0 saturated heterocycles. The topological polar surface area (TPSA) is 82.6 Å². The minimum Gasteiger partial charge on any atom is -0.356 e. The number of benzene rings is 1. The van der Waals surface area contributed by atoms with Gasteiger partial charge in [-0.3, -0.25) is 4.99 Å². The number of nitrogens with one attached hydrogen (secondary N) is 3. The van der Waals surface area contributed by atoms with Crippen molar-refractivity contribution in [1.82, 2.24) is 15.4 Å². The zero-order chi connectivity index (χ0) is 17.5. The summed E-state index contributed by atoms with van der Waals surface area (Å²) in [5.74, 6) is 0.309. The molecule has 24 heavy (non-hydrogen) atoms. The van der Waals surface area contributed by atoms with Crippen LogP contribution in [0.15, 0.2) is 29.3 Å². The van der Waals surface area contributed by atoms with Crippen LogP contribution in [0.25, 0.3) is 0 Å². The average molecular weight is 472 g/mol. The summed E-state index contributed by atoms with van der Waals surface area (Å²) in [7, 11) is -1.65. The van der Waals surface area contributed by atoms with Crippen molar-refractivity contribution in [1.29, 1.82) is 0 Å². The van der Waals surface area contributed by atoms with Crippen molar-refractivity contribution >= 4 is 40.0 Å². The fourth-order valence-electron chi connectivity index (χ4n) is 2.08. The molecule has 1 aromatic rings. The van der Waals surface area contributed by atoms with Gasteiger partial charge in [-0.25, -0.2) is 17.5 Å². The SMILES string of the molecule is CN=C(NCCc1cccc(F)c1)NCC(C)(C)NS(C)(=O)=O.I. The van der Waals surface area contributed by atoms with Crippen LogP contribution >= 0.6 is 24.0 Å². The van der Waals surface area contributed by atoms with Crippen LogP contribution in [0.2, 0.25) is 0 Å². The minimum atomic E-state index is -3.28. The molecule has 0 aromatic heterocycles. The molecule has 0 radical (unpaired) electrons. The van der Waals surface area contributed by atoms with Crippen LogP contribution in [0.1, 0.15) is 19.4 Å². The van der Waals surface area contributed by atoms with Gasteiger partial charge in [-0.05, 0) is 38.0 Å². The van der Waals surface area contributed by atoms with Crippen molar-refractivity contribution < 1.29 is 12.8 Å². The number of hydrogen-bond acceptors (Lipinski definition) is 3. The van der Waals surface area contributed by atoms with Crippen molar-refractivity contribution in [3.63, 3.8) is 0 Å². The van der Waals surface area contributed by atoms with E-state index in [0.29, 0.717) is 25.5 Å². The normalized spacial score (nSPS) is 12.5. The molecule has 0 unspecified atom stereocenters. The summed E-state index contributed by atoms with van der Waals surface area (Å²) in [6, 6.07) is 6.45. The third kappa shape index (κ3) is 10.0. The van der Waals surface area contributed by atoms with E-state index in [1.807, 2.05) is 6.07 Å². The molecule has 0 amide bonds. The quantitative estimate of drug-likeness (QED) is 0.319. The first-order valence-electron chi connectivity index (χ1n) is 7.29. The van der Waals surface area contributed by atoms with Gasteiger partial charge < -0.3 is 10.6 Å². The molecule has 0 heterocycles. The Balaban J connectivity index is 0.00000529. The number of aliphatic imine (C=N–C) groups is 1. The van der Waals surface area contributed by atoms with Gasteiger partial charge in [-0.2, -0.15) is 0 Å². The molecule has 1 aromatic carbocycles. The summed E-state index contributed by atoms with van der Waals surface area (Å²) in [5.41, 5.74) is 0.250. The van der Waals surface area contributed by atoms with Crippen LogP contribution < -0.4 is 15.4 Å². The molecule has 138 valence electrons. The Morgan fingerprint density at radius 3 is 2.50 bits per heavy atom. The first-order chi connectivity index (χ1) is 10.6. The van der Waals surface area contributed by atoms with E-state index in [4.69, 9.17) is 0 Å². The van der Waals surface area contributed by atoms with Gasteiger partial charge in [0, 0.05) is 25.7 Å². The maximum atomic E-state index is 13.1. The van der Waals surface area contributed by atoms with E-state index < -0.39 is 15.6 Å². The van der Waals surface area contributed by atoms with E-state index in [1.54, 1.807) is 27.0 Å². The second kappa shape index (κ2) is 10.1. The summed E-state index contributed by atoms with van der Waals surface area (Å²) in [5, 5.41) is 6.18. The number of sulfonamides is 1. The van der Waals surface area contributed by atoms with Crippen LogP contribution in [0.3, 0.4) is 0 Å². The first kappa shape index (κ1) is 23.1. The van der Waals surface area contributed by atoms with Gasteiger partial charge in [-0.15, -0.1) is 24.0 Å².